The number of aryl methyl sites for hydroxylation is 2. The Hall–Kier alpha value is -1.87. The Kier molecular flexibility index (Phi) is 7.43. The van der Waals surface area contributed by atoms with E-state index in [9.17, 15) is 4.79 Å². The first-order valence-corrected chi connectivity index (χ1v) is 10.2. The molecule has 1 atom stereocenters. The number of piperidine rings is 1. The summed E-state index contributed by atoms with van der Waals surface area (Å²) in [7, 11) is 0. The van der Waals surface area contributed by atoms with E-state index in [-0.39, 0.29) is 11.4 Å². The number of rotatable bonds is 8. The summed E-state index contributed by atoms with van der Waals surface area (Å²) in [5.41, 5.74) is 3.14. The first kappa shape index (κ1) is 21.4. The van der Waals surface area contributed by atoms with Gasteiger partial charge in [-0.15, -0.1) is 0 Å². The monoisotopic (exact) mass is 373 g/mol. The van der Waals surface area contributed by atoms with Crippen molar-refractivity contribution in [1.29, 1.82) is 5.26 Å². The van der Waals surface area contributed by atoms with E-state index >= 15 is 0 Å². The summed E-state index contributed by atoms with van der Waals surface area (Å²) < 4.78 is 1.88. The lowest BCUT2D eigenvalue weighted by Gasteiger charge is -2.43. The molecule has 27 heavy (non-hydrogen) atoms. The predicted molar refractivity (Wildman–Crippen MR) is 107 cm³/mol. The molecule has 0 aliphatic carbocycles. The van der Waals surface area contributed by atoms with Gasteiger partial charge in [0.2, 0.25) is 5.91 Å². The first-order valence-electron chi connectivity index (χ1n) is 10.2. The van der Waals surface area contributed by atoms with Crippen LogP contribution in [0.1, 0.15) is 63.4 Å². The Labute approximate surface area is 163 Å². The summed E-state index contributed by atoms with van der Waals surface area (Å²) in [6.45, 7) is 14.3. The quantitative estimate of drug-likeness (QED) is 0.760. The van der Waals surface area contributed by atoms with Crippen LogP contribution in [0.4, 0.5) is 0 Å². The normalized spacial score (nSPS) is 18.3. The molecule has 2 heterocycles. The minimum absolute atomic E-state index is 0.0155. The fraction of sp³-hybridized carbons (Fsp3) is 0.762. The van der Waals surface area contributed by atoms with Gasteiger partial charge in [0.25, 0.3) is 0 Å². The molecule has 0 aromatic carbocycles. The van der Waals surface area contributed by atoms with E-state index in [1.165, 1.54) is 12.8 Å². The van der Waals surface area contributed by atoms with Gasteiger partial charge in [-0.3, -0.25) is 14.4 Å². The summed E-state index contributed by atoms with van der Waals surface area (Å²) in [5.74, 6) is 0.828. The molecule has 6 nitrogen and oxygen atoms in total. The Morgan fingerprint density at radius 1 is 1.41 bits per heavy atom. The van der Waals surface area contributed by atoms with E-state index in [1.54, 1.807) is 0 Å². The Bertz CT molecular complexity index is 685. The van der Waals surface area contributed by atoms with Gasteiger partial charge in [-0.1, -0.05) is 6.92 Å². The lowest BCUT2D eigenvalue weighted by atomic mass is 9.93. The van der Waals surface area contributed by atoms with Crippen molar-refractivity contribution in [2.24, 2.45) is 5.92 Å². The molecule has 1 fully saturated rings. The molecule has 0 radical (unpaired) electrons. The van der Waals surface area contributed by atoms with Gasteiger partial charge in [-0.05, 0) is 65.0 Å². The Morgan fingerprint density at radius 2 is 2.15 bits per heavy atom. The number of carbonyl (C=O) groups is 1. The molecule has 1 amide bonds. The fourth-order valence-corrected chi connectivity index (χ4v) is 3.96. The van der Waals surface area contributed by atoms with Crippen LogP contribution in [-0.2, 0) is 17.8 Å². The van der Waals surface area contributed by atoms with Gasteiger partial charge in [0, 0.05) is 30.7 Å². The number of carbonyl (C=O) groups excluding carboxylic acids is 1. The molecule has 1 aromatic heterocycles. The number of nitrogens with one attached hydrogen (secondary N) is 1. The molecule has 2 rings (SSSR count). The van der Waals surface area contributed by atoms with Crippen molar-refractivity contribution in [3.63, 3.8) is 0 Å². The van der Waals surface area contributed by atoms with Crippen LogP contribution >= 0.6 is 0 Å². The highest BCUT2D eigenvalue weighted by Crippen LogP contribution is 2.23. The third-order valence-electron chi connectivity index (χ3n) is 5.80. The van der Waals surface area contributed by atoms with Crippen LogP contribution in [0.15, 0.2) is 0 Å². The highest BCUT2D eigenvalue weighted by atomic mass is 16.1. The van der Waals surface area contributed by atoms with Crippen LogP contribution in [0.2, 0.25) is 0 Å². The lowest BCUT2D eigenvalue weighted by Crippen LogP contribution is -2.54. The fourth-order valence-electron chi connectivity index (χ4n) is 3.96. The van der Waals surface area contributed by atoms with Crippen LogP contribution in [0.25, 0.3) is 0 Å². The van der Waals surface area contributed by atoms with E-state index in [1.807, 2.05) is 18.5 Å². The predicted octanol–water partition coefficient (Wildman–Crippen LogP) is 2.97. The lowest BCUT2D eigenvalue weighted by molar-refractivity contribution is -0.121. The second kappa shape index (κ2) is 9.36. The van der Waals surface area contributed by atoms with E-state index < -0.39 is 0 Å². The minimum Gasteiger partial charge on any atom is -0.354 e. The van der Waals surface area contributed by atoms with E-state index in [0.29, 0.717) is 32.4 Å². The highest BCUT2D eigenvalue weighted by molar-refractivity contribution is 5.76. The molecule has 0 spiro atoms. The number of hydrogen-bond donors (Lipinski definition) is 1. The minimum atomic E-state index is -0.0155. The van der Waals surface area contributed by atoms with E-state index in [0.717, 1.165) is 36.0 Å². The Balaban J connectivity index is 1.84. The molecule has 6 heteroatoms. The second-order valence-corrected chi connectivity index (χ2v) is 8.56. The number of nitrogens with zero attached hydrogens (tertiary/aromatic N) is 4. The molecule has 0 saturated carbocycles. The maximum atomic E-state index is 12.4. The van der Waals surface area contributed by atoms with Gasteiger partial charge in [0.1, 0.15) is 0 Å². The van der Waals surface area contributed by atoms with Gasteiger partial charge in [0.15, 0.2) is 0 Å². The van der Waals surface area contributed by atoms with Crippen molar-refractivity contribution in [2.45, 2.75) is 78.8 Å². The van der Waals surface area contributed by atoms with Gasteiger partial charge in [-0.2, -0.15) is 10.4 Å². The van der Waals surface area contributed by atoms with E-state index in [4.69, 9.17) is 5.26 Å². The summed E-state index contributed by atoms with van der Waals surface area (Å²) >= 11 is 0. The van der Waals surface area contributed by atoms with Crippen molar-refractivity contribution >= 4 is 5.91 Å². The van der Waals surface area contributed by atoms with Crippen molar-refractivity contribution in [2.75, 3.05) is 19.6 Å². The molecule has 1 saturated heterocycles. The van der Waals surface area contributed by atoms with Crippen molar-refractivity contribution < 1.29 is 4.79 Å². The molecule has 1 aliphatic rings. The molecule has 1 unspecified atom stereocenters. The topological polar surface area (TPSA) is 73.9 Å². The van der Waals surface area contributed by atoms with Crippen LogP contribution in [0.5, 0.6) is 0 Å². The molecule has 1 N–H and O–H groups in total. The summed E-state index contributed by atoms with van der Waals surface area (Å²) in [6.07, 6.45) is 4.16. The number of amides is 1. The van der Waals surface area contributed by atoms with Crippen LogP contribution in [0.3, 0.4) is 0 Å². The van der Waals surface area contributed by atoms with Crippen molar-refractivity contribution in [3.8, 4) is 6.07 Å². The smallest absolute Gasteiger partial charge is 0.220 e. The average molecular weight is 374 g/mol. The zero-order valence-electron chi connectivity index (χ0n) is 17.6. The molecule has 150 valence electrons. The summed E-state index contributed by atoms with van der Waals surface area (Å²) in [6, 6.07) is 2.15. The van der Waals surface area contributed by atoms with E-state index in [2.05, 4.69) is 42.2 Å². The summed E-state index contributed by atoms with van der Waals surface area (Å²) in [5, 5.41) is 16.4. The standard InChI is InChI=1S/C21H35N5O/c1-16-8-6-12-25(14-16)21(4,5)15-23-20(27)10-9-19-17(2)24-26(18(19)3)13-7-11-22/h16H,6-10,12-15H2,1-5H3,(H,23,27). The maximum absolute atomic E-state index is 12.4. The molecule has 1 aliphatic heterocycles. The number of hydrogen-bond acceptors (Lipinski definition) is 4. The number of nitriles is 1. The third-order valence-corrected chi connectivity index (χ3v) is 5.80. The highest BCUT2D eigenvalue weighted by Gasteiger charge is 2.30. The van der Waals surface area contributed by atoms with Gasteiger partial charge in [-0.25, -0.2) is 0 Å². The largest absolute Gasteiger partial charge is 0.354 e. The molecular weight excluding hydrogens is 338 g/mol. The van der Waals surface area contributed by atoms with Crippen molar-refractivity contribution in [1.82, 2.24) is 20.0 Å². The van der Waals surface area contributed by atoms with Crippen molar-refractivity contribution in [3.05, 3.63) is 17.0 Å². The van der Waals surface area contributed by atoms with Gasteiger partial charge in [0.05, 0.1) is 24.7 Å². The summed E-state index contributed by atoms with van der Waals surface area (Å²) in [4.78, 5) is 14.9. The maximum Gasteiger partial charge on any atom is 0.220 e. The molecule has 0 bridgehead atoms. The number of likely N-dealkylation sites (tertiary alicyclic amines) is 1. The second-order valence-electron chi connectivity index (χ2n) is 8.56. The molecular formula is C21H35N5O. The van der Waals surface area contributed by atoms with Crippen LogP contribution in [0, 0.1) is 31.1 Å². The SMILES string of the molecule is Cc1nn(CCC#N)c(C)c1CCC(=O)NCC(C)(C)N1CCCC(C)C1. The number of aromatic nitrogens is 2. The van der Waals surface area contributed by atoms with Gasteiger partial charge >= 0.3 is 0 Å². The first-order chi connectivity index (χ1) is 12.7. The average Bonchev–Trinajstić information content (AvgIpc) is 2.90. The van der Waals surface area contributed by atoms with Crippen LogP contribution < -0.4 is 5.32 Å². The van der Waals surface area contributed by atoms with Crippen LogP contribution in [-0.4, -0.2) is 45.8 Å². The zero-order chi connectivity index (χ0) is 20.0. The third kappa shape index (κ3) is 5.80. The molecule has 1 aromatic rings. The van der Waals surface area contributed by atoms with Gasteiger partial charge < -0.3 is 5.32 Å². The Morgan fingerprint density at radius 3 is 2.81 bits per heavy atom. The zero-order valence-corrected chi connectivity index (χ0v) is 17.6.